The Kier molecular flexibility index (Phi) is 4.20. The van der Waals surface area contributed by atoms with Gasteiger partial charge in [0.1, 0.15) is 11.5 Å². The number of halogens is 3. The molecular weight excluding hydrogens is 358 g/mol. The Hall–Kier alpha value is -2.36. The van der Waals surface area contributed by atoms with Crippen molar-refractivity contribution in [1.82, 2.24) is 9.38 Å². The summed E-state index contributed by atoms with van der Waals surface area (Å²) in [4.78, 5) is 4.72. The van der Waals surface area contributed by atoms with E-state index in [9.17, 15) is 4.39 Å². The predicted octanol–water partition coefficient (Wildman–Crippen LogP) is 6.04. The number of fused-ring (bicyclic) bond motifs is 1. The fourth-order valence-corrected chi connectivity index (χ4v) is 3.29. The summed E-state index contributed by atoms with van der Waals surface area (Å²) < 4.78 is 15.3. The van der Waals surface area contributed by atoms with Crippen molar-refractivity contribution in [3.8, 4) is 11.3 Å². The molecule has 0 saturated heterocycles. The third kappa shape index (κ3) is 3.26. The van der Waals surface area contributed by atoms with E-state index in [1.807, 2.05) is 47.0 Å². The van der Waals surface area contributed by atoms with Crippen LogP contribution in [-0.2, 0) is 6.42 Å². The lowest BCUT2D eigenvalue weighted by atomic mass is 10.0. The van der Waals surface area contributed by atoms with E-state index in [1.54, 1.807) is 12.1 Å². The Morgan fingerprint density at radius 2 is 1.72 bits per heavy atom. The standard InChI is InChI=1S/C20H13Cl2FN2/c21-15-3-1-2-13(10-15)11-18-20(14-4-7-17(23)8-5-14)24-19-9-6-16(22)12-25(18)19/h1-10,12H,11H2. The van der Waals surface area contributed by atoms with Gasteiger partial charge >= 0.3 is 0 Å². The van der Waals surface area contributed by atoms with Gasteiger partial charge in [0.2, 0.25) is 0 Å². The normalized spacial score (nSPS) is 11.2. The number of benzene rings is 2. The van der Waals surface area contributed by atoms with Gasteiger partial charge in [0.05, 0.1) is 16.4 Å². The molecule has 2 heterocycles. The van der Waals surface area contributed by atoms with Gasteiger partial charge in [-0.1, -0.05) is 35.3 Å². The quantitative estimate of drug-likeness (QED) is 0.429. The maximum absolute atomic E-state index is 13.3. The van der Waals surface area contributed by atoms with Crippen LogP contribution in [0.5, 0.6) is 0 Å². The average molecular weight is 371 g/mol. The van der Waals surface area contributed by atoms with Gasteiger partial charge in [-0.25, -0.2) is 9.37 Å². The molecule has 0 saturated carbocycles. The molecular formula is C20H13Cl2FN2. The first kappa shape index (κ1) is 16.1. The third-order valence-electron chi connectivity index (χ3n) is 4.06. The second-order valence-electron chi connectivity index (χ2n) is 5.80. The van der Waals surface area contributed by atoms with E-state index in [0.717, 1.165) is 28.2 Å². The third-order valence-corrected chi connectivity index (χ3v) is 4.52. The molecule has 2 nitrogen and oxygen atoms in total. The fourth-order valence-electron chi connectivity index (χ4n) is 2.92. The molecule has 5 heteroatoms. The Balaban J connectivity index is 1.91. The maximum atomic E-state index is 13.3. The van der Waals surface area contributed by atoms with Crippen molar-refractivity contribution < 1.29 is 4.39 Å². The van der Waals surface area contributed by atoms with Gasteiger partial charge in [0.25, 0.3) is 0 Å². The molecule has 0 N–H and O–H groups in total. The lowest BCUT2D eigenvalue weighted by Crippen LogP contribution is -1.97. The number of hydrogen-bond acceptors (Lipinski definition) is 1. The van der Waals surface area contributed by atoms with E-state index < -0.39 is 0 Å². The van der Waals surface area contributed by atoms with E-state index in [4.69, 9.17) is 28.2 Å². The van der Waals surface area contributed by atoms with Crippen LogP contribution in [0, 0.1) is 5.82 Å². The highest BCUT2D eigenvalue weighted by molar-refractivity contribution is 6.30. The number of hydrogen-bond donors (Lipinski definition) is 0. The van der Waals surface area contributed by atoms with Gasteiger partial charge in [0, 0.05) is 23.2 Å². The van der Waals surface area contributed by atoms with Crippen molar-refractivity contribution in [2.45, 2.75) is 6.42 Å². The highest BCUT2D eigenvalue weighted by Crippen LogP contribution is 2.28. The van der Waals surface area contributed by atoms with Crippen LogP contribution in [-0.4, -0.2) is 9.38 Å². The van der Waals surface area contributed by atoms with Crippen LogP contribution >= 0.6 is 23.2 Å². The first-order valence-electron chi connectivity index (χ1n) is 7.77. The van der Waals surface area contributed by atoms with Crippen LogP contribution in [0.1, 0.15) is 11.3 Å². The smallest absolute Gasteiger partial charge is 0.137 e. The van der Waals surface area contributed by atoms with E-state index in [0.29, 0.717) is 16.5 Å². The number of rotatable bonds is 3. The second-order valence-corrected chi connectivity index (χ2v) is 6.67. The summed E-state index contributed by atoms with van der Waals surface area (Å²) in [5, 5.41) is 1.32. The predicted molar refractivity (Wildman–Crippen MR) is 99.9 cm³/mol. The molecule has 0 unspecified atom stereocenters. The van der Waals surface area contributed by atoms with E-state index >= 15 is 0 Å². The molecule has 0 aliphatic heterocycles. The number of pyridine rings is 1. The molecule has 2 aromatic heterocycles. The molecule has 2 aromatic carbocycles. The molecule has 4 rings (SSSR count). The minimum absolute atomic E-state index is 0.271. The summed E-state index contributed by atoms with van der Waals surface area (Å²) in [5.74, 6) is -0.271. The van der Waals surface area contributed by atoms with E-state index in [2.05, 4.69) is 0 Å². The molecule has 0 spiro atoms. The van der Waals surface area contributed by atoms with E-state index in [1.165, 1.54) is 12.1 Å². The molecule has 0 fully saturated rings. The Morgan fingerprint density at radius 3 is 2.48 bits per heavy atom. The second kappa shape index (κ2) is 6.51. The van der Waals surface area contributed by atoms with Gasteiger partial charge in [0.15, 0.2) is 0 Å². The van der Waals surface area contributed by atoms with Crippen LogP contribution in [0.4, 0.5) is 4.39 Å². The zero-order valence-electron chi connectivity index (χ0n) is 13.1. The van der Waals surface area contributed by atoms with Crippen LogP contribution in [0.25, 0.3) is 16.9 Å². The summed E-state index contributed by atoms with van der Waals surface area (Å²) >= 11 is 12.3. The molecule has 0 amide bonds. The summed E-state index contributed by atoms with van der Waals surface area (Å²) in [6.45, 7) is 0. The fraction of sp³-hybridized carbons (Fsp3) is 0.0500. The van der Waals surface area contributed by atoms with Crippen LogP contribution < -0.4 is 0 Å². The number of nitrogens with zero attached hydrogens (tertiary/aromatic N) is 2. The molecule has 124 valence electrons. The molecule has 0 bridgehead atoms. The van der Waals surface area contributed by atoms with Crippen molar-refractivity contribution in [2.24, 2.45) is 0 Å². The van der Waals surface area contributed by atoms with E-state index in [-0.39, 0.29) is 5.82 Å². The summed E-state index contributed by atoms with van der Waals surface area (Å²) in [5.41, 5.74) is 4.50. The van der Waals surface area contributed by atoms with Crippen LogP contribution in [0.2, 0.25) is 10.0 Å². The SMILES string of the molecule is Fc1ccc(-c2nc3ccc(Cl)cn3c2Cc2cccc(Cl)c2)cc1. The monoisotopic (exact) mass is 370 g/mol. The molecule has 0 aliphatic carbocycles. The van der Waals surface area contributed by atoms with Crippen molar-refractivity contribution in [2.75, 3.05) is 0 Å². The molecule has 25 heavy (non-hydrogen) atoms. The Morgan fingerprint density at radius 1 is 0.920 bits per heavy atom. The molecule has 4 aromatic rings. The highest BCUT2D eigenvalue weighted by Gasteiger charge is 2.15. The summed E-state index contributed by atoms with van der Waals surface area (Å²) in [6.07, 6.45) is 2.48. The van der Waals surface area contributed by atoms with Gasteiger partial charge in [-0.05, 0) is 54.1 Å². The number of imidazole rings is 1. The zero-order chi connectivity index (χ0) is 17.4. The highest BCUT2D eigenvalue weighted by atomic mass is 35.5. The van der Waals surface area contributed by atoms with Crippen molar-refractivity contribution in [1.29, 1.82) is 0 Å². The minimum atomic E-state index is -0.271. The Labute approximate surface area is 154 Å². The molecule has 0 atom stereocenters. The summed E-state index contributed by atoms with van der Waals surface area (Å²) in [6, 6.07) is 17.7. The first-order valence-corrected chi connectivity index (χ1v) is 8.52. The van der Waals surface area contributed by atoms with Crippen molar-refractivity contribution >= 4 is 28.8 Å². The summed E-state index contributed by atoms with van der Waals surface area (Å²) in [7, 11) is 0. The van der Waals surface area contributed by atoms with Crippen LogP contribution in [0.15, 0.2) is 66.9 Å². The van der Waals surface area contributed by atoms with Crippen LogP contribution in [0.3, 0.4) is 0 Å². The lowest BCUT2D eigenvalue weighted by molar-refractivity contribution is 0.628. The lowest BCUT2D eigenvalue weighted by Gasteiger charge is -2.07. The van der Waals surface area contributed by atoms with Gasteiger partial charge < -0.3 is 4.40 Å². The minimum Gasteiger partial charge on any atom is -0.302 e. The largest absolute Gasteiger partial charge is 0.302 e. The van der Waals surface area contributed by atoms with Gasteiger partial charge in [-0.3, -0.25) is 0 Å². The maximum Gasteiger partial charge on any atom is 0.137 e. The van der Waals surface area contributed by atoms with Gasteiger partial charge in [-0.15, -0.1) is 0 Å². The molecule has 0 aliphatic rings. The zero-order valence-corrected chi connectivity index (χ0v) is 14.6. The Bertz CT molecular complexity index is 1060. The topological polar surface area (TPSA) is 17.3 Å². The molecule has 0 radical (unpaired) electrons. The van der Waals surface area contributed by atoms with Gasteiger partial charge in [-0.2, -0.15) is 0 Å². The first-order chi connectivity index (χ1) is 12.1. The number of aromatic nitrogens is 2. The van der Waals surface area contributed by atoms with Crippen molar-refractivity contribution in [3.05, 3.63) is 94.0 Å². The average Bonchev–Trinajstić information content (AvgIpc) is 2.93. The van der Waals surface area contributed by atoms with Crippen molar-refractivity contribution in [3.63, 3.8) is 0 Å².